The maximum Gasteiger partial charge on any atom is 0.269 e. The van der Waals surface area contributed by atoms with Gasteiger partial charge in [0, 0.05) is 30.5 Å². The molecule has 6 nitrogen and oxygen atoms in total. The standard InChI is InChI=1S/C15H13N5O/c1-16-14(21)13-8-11(6-7-17-13)19-15-18-9-10-4-2-3-5-12(10)20-15/h2-9H,1H3,(H,16,21)(H,17,18,19,20). The van der Waals surface area contributed by atoms with Crippen molar-refractivity contribution in [2.24, 2.45) is 0 Å². The molecule has 0 unspecified atom stereocenters. The molecule has 0 atom stereocenters. The summed E-state index contributed by atoms with van der Waals surface area (Å²) in [4.78, 5) is 24.2. The van der Waals surface area contributed by atoms with E-state index in [0.29, 0.717) is 17.3 Å². The molecule has 6 heteroatoms. The third-order valence-electron chi connectivity index (χ3n) is 2.96. The van der Waals surface area contributed by atoms with E-state index in [1.807, 2.05) is 24.3 Å². The fourth-order valence-corrected chi connectivity index (χ4v) is 1.92. The van der Waals surface area contributed by atoms with Crippen molar-refractivity contribution < 1.29 is 4.79 Å². The first-order valence-corrected chi connectivity index (χ1v) is 6.43. The van der Waals surface area contributed by atoms with Crippen LogP contribution in [0.15, 0.2) is 48.8 Å². The molecule has 0 aliphatic rings. The largest absolute Gasteiger partial charge is 0.354 e. The molecule has 3 aromatic rings. The Morgan fingerprint density at radius 3 is 2.86 bits per heavy atom. The number of para-hydroxylation sites is 1. The number of nitrogens with zero attached hydrogens (tertiary/aromatic N) is 3. The van der Waals surface area contributed by atoms with Crippen LogP contribution in [0.2, 0.25) is 0 Å². The predicted octanol–water partition coefficient (Wildman–Crippen LogP) is 2.13. The van der Waals surface area contributed by atoms with Gasteiger partial charge in [-0.3, -0.25) is 9.78 Å². The second-order valence-electron chi connectivity index (χ2n) is 4.39. The zero-order valence-electron chi connectivity index (χ0n) is 11.4. The monoisotopic (exact) mass is 279 g/mol. The number of carbonyl (C=O) groups excluding carboxylic acids is 1. The molecule has 0 spiro atoms. The van der Waals surface area contributed by atoms with Crippen LogP contribution in [0.1, 0.15) is 10.5 Å². The summed E-state index contributed by atoms with van der Waals surface area (Å²) in [5.41, 5.74) is 1.90. The van der Waals surface area contributed by atoms with Crippen molar-refractivity contribution in [2.45, 2.75) is 0 Å². The number of hydrogen-bond acceptors (Lipinski definition) is 5. The second-order valence-corrected chi connectivity index (χ2v) is 4.39. The number of carbonyl (C=O) groups is 1. The van der Waals surface area contributed by atoms with Crippen molar-refractivity contribution >= 4 is 28.4 Å². The van der Waals surface area contributed by atoms with Crippen LogP contribution in [0.25, 0.3) is 10.9 Å². The number of hydrogen-bond donors (Lipinski definition) is 2. The summed E-state index contributed by atoms with van der Waals surface area (Å²) in [6.07, 6.45) is 3.32. The van der Waals surface area contributed by atoms with Crippen LogP contribution in [0, 0.1) is 0 Å². The average molecular weight is 279 g/mol. The Bertz CT molecular complexity index is 803. The van der Waals surface area contributed by atoms with Crippen LogP contribution in [0.4, 0.5) is 11.6 Å². The molecule has 1 aromatic carbocycles. The van der Waals surface area contributed by atoms with E-state index in [2.05, 4.69) is 25.6 Å². The maximum absolute atomic E-state index is 11.6. The Hall–Kier alpha value is -3.02. The van der Waals surface area contributed by atoms with Crippen LogP contribution in [0.5, 0.6) is 0 Å². The van der Waals surface area contributed by atoms with Gasteiger partial charge in [0.15, 0.2) is 0 Å². The lowest BCUT2D eigenvalue weighted by atomic mass is 10.2. The van der Waals surface area contributed by atoms with Gasteiger partial charge >= 0.3 is 0 Å². The van der Waals surface area contributed by atoms with Crippen LogP contribution in [-0.2, 0) is 0 Å². The van der Waals surface area contributed by atoms with Gasteiger partial charge in [-0.1, -0.05) is 18.2 Å². The highest BCUT2D eigenvalue weighted by molar-refractivity contribution is 5.93. The SMILES string of the molecule is CNC(=O)c1cc(Nc2ncc3ccccc3n2)ccn1. The van der Waals surface area contributed by atoms with Gasteiger partial charge in [-0.2, -0.15) is 0 Å². The summed E-state index contributed by atoms with van der Waals surface area (Å²) in [6.45, 7) is 0. The first-order chi connectivity index (χ1) is 10.3. The van der Waals surface area contributed by atoms with Crippen LogP contribution in [0.3, 0.4) is 0 Å². The average Bonchev–Trinajstić information content (AvgIpc) is 2.54. The lowest BCUT2D eigenvalue weighted by molar-refractivity contribution is 0.0958. The van der Waals surface area contributed by atoms with Gasteiger partial charge < -0.3 is 10.6 Å². The normalized spacial score (nSPS) is 10.3. The number of nitrogens with one attached hydrogen (secondary N) is 2. The van der Waals surface area contributed by atoms with Crippen molar-refractivity contribution in [3.8, 4) is 0 Å². The zero-order chi connectivity index (χ0) is 14.7. The first kappa shape index (κ1) is 13.0. The van der Waals surface area contributed by atoms with E-state index >= 15 is 0 Å². The minimum atomic E-state index is -0.238. The van der Waals surface area contributed by atoms with E-state index in [1.54, 1.807) is 31.6 Å². The molecular formula is C15H13N5O. The first-order valence-electron chi connectivity index (χ1n) is 6.43. The van der Waals surface area contributed by atoms with Crippen molar-refractivity contribution in [3.63, 3.8) is 0 Å². The summed E-state index contributed by atoms with van der Waals surface area (Å²) >= 11 is 0. The highest BCUT2D eigenvalue weighted by Crippen LogP contribution is 2.16. The van der Waals surface area contributed by atoms with Crippen molar-refractivity contribution in [2.75, 3.05) is 12.4 Å². The molecule has 0 fully saturated rings. The number of anilines is 2. The molecule has 0 aliphatic heterocycles. The topological polar surface area (TPSA) is 79.8 Å². The van der Waals surface area contributed by atoms with E-state index < -0.39 is 0 Å². The van der Waals surface area contributed by atoms with E-state index in [-0.39, 0.29) is 5.91 Å². The minimum absolute atomic E-state index is 0.238. The molecule has 0 radical (unpaired) electrons. The lowest BCUT2D eigenvalue weighted by Crippen LogP contribution is -2.19. The molecule has 1 amide bonds. The van der Waals surface area contributed by atoms with Gasteiger partial charge in [0.1, 0.15) is 5.69 Å². The molecular weight excluding hydrogens is 266 g/mol. The Labute approximate surface area is 121 Å². The van der Waals surface area contributed by atoms with E-state index in [1.165, 1.54) is 0 Å². The molecule has 0 aliphatic carbocycles. The lowest BCUT2D eigenvalue weighted by Gasteiger charge is -2.06. The van der Waals surface area contributed by atoms with E-state index in [9.17, 15) is 4.79 Å². The van der Waals surface area contributed by atoms with Gasteiger partial charge in [-0.15, -0.1) is 0 Å². The van der Waals surface area contributed by atoms with Crippen molar-refractivity contribution in [3.05, 3.63) is 54.5 Å². The Morgan fingerprint density at radius 1 is 1.14 bits per heavy atom. The Morgan fingerprint density at radius 2 is 2.00 bits per heavy atom. The third kappa shape index (κ3) is 2.79. The molecule has 2 aromatic heterocycles. The number of rotatable bonds is 3. The summed E-state index contributed by atoms with van der Waals surface area (Å²) in [5.74, 6) is 0.237. The number of pyridine rings is 1. The highest BCUT2D eigenvalue weighted by atomic mass is 16.1. The molecule has 2 heterocycles. The highest BCUT2D eigenvalue weighted by Gasteiger charge is 2.06. The maximum atomic E-state index is 11.6. The van der Waals surface area contributed by atoms with Gasteiger partial charge in [-0.25, -0.2) is 9.97 Å². The predicted molar refractivity (Wildman–Crippen MR) is 80.4 cm³/mol. The number of fused-ring (bicyclic) bond motifs is 1. The van der Waals surface area contributed by atoms with Gasteiger partial charge in [0.25, 0.3) is 5.91 Å². The number of amides is 1. The molecule has 104 valence electrons. The van der Waals surface area contributed by atoms with Crippen molar-refractivity contribution in [1.82, 2.24) is 20.3 Å². The second kappa shape index (κ2) is 5.54. The van der Waals surface area contributed by atoms with Crippen LogP contribution < -0.4 is 10.6 Å². The smallest absolute Gasteiger partial charge is 0.269 e. The number of aromatic nitrogens is 3. The van der Waals surface area contributed by atoms with Gasteiger partial charge in [-0.05, 0) is 18.2 Å². The van der Waals surface area contributed by atoms with E-state index in [4.69, 9.17) is 0 Å². The Balaban J connectivity index is 1.89. The number of benzene rings is 1. The molecule has 3 rings (SSSR count). The molecule has 0 bridgehead atoms. The van der Waals surface area contributed by atoms with E-state index in [0.717, 1.165) is 10.9 Å². The van der Waals surface area contributed by atoms with Gasteiger partial charge in [0.2, 0.25) is 5.95 Å². The summed E-state index contributed by atoms with van der Waals surface area (Å²) in [5, 5.41) is 6.59. The van der Waals surface area contributed by atoms with Crippen LogP contribution in [-0.4, -0.2) is 27.9 Å². The molecule has 21 heavy (non-hydrogen) atoms. The van der Waals surface area contributed by atoms with Crippen molar-refractivity contribution in [1.29, 1.82) is 0 Å². The minimum Gasteiger partial charge on any atom is -0.354 e. The third-order valence-corrected chi connectivity index (χ3v) is 2.96. The molecule has 0 saturated carbocycles. The Kier molecular flexibility index (Phi) is 3.42. The summed E-state index contributed by atoms with van der Waals surface area (Å²) < 4.78 is 0. The summed E-state index contributed by atoms with van der Waals surface area (Å²) in [7, 11) is 1.57. The fraction of sp³-hybridized carbons (Fsp3) is 0.0667. The fourth-order valence-electron chi connectivity index (χ4n) is 1.92. The zero-order valence-corrected chi connectivity index (χ0v) is 11.4. The molecule has 2 N–H and O–H groups in total. The van der Waals surface area contributed by atoms with Crippen LogP contribution >= 0.6 is 0 Å². The molecule has 0 saturated heterocycles. The van der Waals surface area contributed by atoms with Gasteiger partial charge in [0.05, 0.1) is 5.52 Å². The summed E-state index contributed by atoms with van der Waals surface area (Å²) in [6, 6.07) is 11.1. The quantitative estimate of drug-likeness (QED) is 0.767.